The minimum Gasteiger partial charge on any atom is -0.480 e. The van der Waals surface area contributed by atoms with E-state index in [1.807, 2.05) is 60.7 Å². The molecule has 9 nitrogen and oxygen atoms in total. The Morgan fingerprint density at radius 2 is 1.71 bits per heavy atom. The highest BCUT2D eigenvalue weighted by molar-refractivity contribution is 5.97. The Hall–Kier alpha value is -4.66. The van der Waals surface area contributed by atoms with E-state index >= 15 is 0 Å². The molecule has 178 valence electrons. The van der Waals surface area contributed by atoms with Crippen LogP contribution in [0.3, 0.4) is 0 Å². The van der Waals surface area contributed by atoms with Crippen LogP contribution in [0.5, 0.6) is 0 Å². The molecule has 3 N–H and O–H groups in total. The van der Waals surface area contributed by atoms with Gasteiger partial charge in [0.25, 0.3) is 5.91 Å². The predicted octanol–water partition coefficient (Wildman–Crippen LogP) is 3.01. The van der Waals surface area contributed by atoms with Crippen molar-refractivity contribution < 1.29 is 24.2 Å². The van der Waals surface area contributed by atoms with Gasteiger partial charge in [-0.3, -0.25) is 14.0 Å². The SMILES string of the molecule is COC(=O)CNc1c(-c2ccccc2)nc2cc(C(=O)NC(Cc3ccccc3)C(=O)O)ccn12. The number of pyridine rings is 1. The molecule has 4 aromatic rings. The second kappa shape index (κ2) is 10.5. The van der Waals surface area contributed by atoms with Crippen LogP contribution in [0.25, 0.3) is 16.9 Å². The summed E-state index contributed by atoms with van der Waals surface area (Å²) >= 11 is 0. The fourth-order valence-electron chi connectivity index (χ4n) is 3.67. The number of imidazole rings is 1. The number of nitrogens with one attached hydrogen (secondary N) is 2. The fraction of sp³-hybridized carbons (Fsp3) is 0.154. The number of fused-ring (bicyclic) bond motifs is 1. The maximum absolute atomic E-state index is 12.9. The van der Waals surface area contributed by atoms with Crippen molar-refractivity contribution in [2.45, 2.75) is 12.5 Å². The number of ether oxygens (including phenoxy) is 1. The first-order valence-corrected chi connectivity index (χ1v) is 10.9. The van der Waals surface area contributed by atoms with Gasteiger partial charge in [0.2, 0.25) is 0 Å². The number of carbonyl (C=O) groups is 3. The van der Waals surface area contributed by atoms with Crippen LogP contribution in [-0.2, 0) is 20.7 Å². The molecule has 0 aliphatic carbocycles. The summed E-state index contributed by atoms with van der Waals surface area (Å²) in [6.07, 6.45) is 1.81. The molecule has 1 atom stereocenters. The molecule has 35 heavy (non-hydrogen) atoms. The Balaban J connectivity index is 1.63. The van der Waals surface area contributed by atoms with E-state index in [1.54, 1.807) is 22.7 Å². The van der Waals surface area contributed by atoms with E-state index in [1.165, 1.54) is 7.11 Å². The minimum absolute atomic E-state index is 0.0634. The largest absolute Gasteiger partial charge is 0.480 e. The van der Waals surface area contributed by atoms with E-state index in [4.69, 9.17) is 4.74 Å². The number of anilines is 1. The second-order valence-electron chi connectivity index (χ2n) is 7.80. The summed E-state index contributed by atoms with van der Waals surface area (Å²) in [5.74, 6) is -1.52. The Morgan fingerprint density at radius 1 is 1.03 bits per heavy atom. The second-order valence-corrected chi connectivity index (χ2v) is 7.80. The van der Waals surface area contributed by atoms with Gasteiger partial charge in [-0.05, 0) is 17.7 Å². The van der Waals surface area contributed by atoms with Crippen molar-refractivity contribution in [2.24, 2.45) is 0 Å². The average molecular weight is 473 g/mol. The lowest BCUT2D eigenvalue weighted by molar-refractivity contribution is -0.139. The average Bonchev–Trinajstić information content (AvgIpc) is 3.25. The van der Waals surface area contributed by atoms with Gasteiger partial charge in [0.15, 0.2) is 0 Å². The lowest BCUT2D eigenvalue weighted by Gasteiger charge is -2.15. The van der Waals surface area contributed by atoms with Gasteiger partial charge in [-0.25, -0.2) is 9.78 Å². The molecule has 0 aliphatic rings. The topological polar surface area (TPSA) is 122 Å². The highest BCUT2D eigenvalue weighted by atomic mass is 16.5. The smallest absolute Gasteiger partial charge is 0.326 e. The number of aromatic nitrogens is 2. The fourth-order valence-corrected chi connectivity index (χ4v) is 3.67. The molecule has 9 heteroatoms. The van der Waals surface area contributed by atoms with Crippen molar-refractivity contribution in [3.05, 3.63) is 90.1 Å². The number of esters is 1. The Kier molecular flexibility index (Phi) is 7.06. The van der Waals surface area contributed by atoms with Gasteiger partial charge in [0, 0.05) is 23.7 Å². The van der Waals surface area contributed by atoms with E-state index in [0.29, 0.717) is 17.2 Å². The van der Waals surface area contributed by atoms with Gasteiger partial charge >= 0.3 is 11.9 Å². The highest BCUT2D eigenvalue weighted by Gasteiger charge is 2.22. The Bertz CT molecular complexity index is 1350. The van der Waals surface area contributed by atoms with Crippen LogP contribution in [0.2, 0.25) is 0 Å². The maximum Gasteiger partial charge on any atom is 0.326 e. The third-order valence-corrected chi connectivity index (χ3v) is 5.45. The zero-order valence-electron chi connectivity index (χ0n) is 19.0. The van der Waals surface area contributed by atoms with Gasteiger partial charge in [-0.15, -0.1) is 0 Å². The molecule has 1 unspecified atom stereocenters. The van der Waals surface area contributed by atoms with Gasteiger partial charge < -0.3 is 20.5 Å². The minimum atomic E-state index is -1.12. The number of hydrogen-bond donors (Lipinski definition) is 3. The van der Waals surface area contributed by atoms with E-state index in [2.05, 4.69) is 15.6 Å². The van der Waals surface area contributed by atoms with Crippen LogP contribution in [-0.4, -0.2) is 52.0 Å². The molecular formula is C26H24N4O5. The van der Waals surface area contributed by atoms with Crippen molar-refractivity contribution >= 4 is 29.3 Å². The zero-order valence-corrected chi connectivity index (χ0v) is 19.0. The highest BCUT2D eigenvalue weighted by Crippen LogP contribution is 2.29. The summed E-state index contributed by atoms with van der Waals surface area (Å²) in [6, 6.07) is 20.6. The van der Waals surface area contributed by atoms with Crippen LogP contribution >= 0.6 is 0 Å². The van der Waals surface area contributed by atoms with Crippen LogP contribution in [0.4, 0.5) is 5.82 Å². The van der Waals surface area contributed by atoms with E-state index in [-0.39, 0.29) is 18.5 Å². The van der Waals surface area contributed by atoms with E-state index in [9.17, 15) is 19.5 Å². The van der Waals surface area contributed by atoms with E-state index < -0.39 is 23.9 Å². The number of nitrogens with zero attached hydrogens (tertiary/aromatic N) is 2. The molecule has 0 saturated carbocycles. The molecule has 0 bridgehead atoms. The number of methoxy groups -OCH3 is 1. The molecule has 0 saturated heterocycles. The van der Waals surface area contributed by atoms with Crippen LogP contribution in [0.15, 0.2) is 79.0 Å². The summed E-state index contributed by atoms with van der Waals surface area (Å²) in [7, 11) is 1.31. The van der Waals surface area contributed by atoms with Gasteiger partial charge in [-0.1, -0.05) is 60.7 Å². The Labute approximate surface area is 201 Å². The van der Waals surface area contributed by atoms with Gasteiger partial charge in [0.05, 0.1) is 7.11 Å². The first-order valence-electron chi connectivity index (χ1n) is 10.9. The third kappa shape index (κ3) is 5.47. The van der Waals surface area contributed by atoms with Crippen LogP contribution in [0.1, 0.15) is 15.9 Å². The lowest BCUT2D eigenvalue weighted by atomic mass is 10.1. The molecule has 0 fully saturated rings. The number of aliphatic carboxylic acids is 1. The molecule has 1 amide bonds. The van der Waals surface area contributed by atoms with Crippen molar-refractivity contribution in [1.82, 2.24) is 14.7 Å². The zero-order chi connectivity index (χ0) is 24.8. The van der Waals surface area contributed by atoms with Crippen LogP contribution in [0, 0.1) is 0 Å². The monoisotopic (exact) mass is 472 g/mol. The lowest BCUT2D eigenvalue weighted by Crippen LogP contribution is -2.42. The molecule has 2 aromatic heterocycles. The summed E-state index contributed by atoms with van der Waals surface area (Å²) in [5, 5.41) is 15.3. The number of carbonyl (C=O) groups excluding carboxylic acids is 2. The molecule has 4 rings (SSSR count). The standard InChI is InChI=1S/C26H24N4O5/c1-35-22(31)16-27-24-23(18-10-6-3-7-11-18)29-21-15-19(12-13-30(21)24)25(32)28-20(26(33)34)14-17-8-4-2-5-9-17/h2-13,15,20,27H,14,16H2,1H3,(H,28,32)(H,33,34). The number of carboxylic acids is 1. The quantitative estimate of drug-likeness (QED) is 0.320. The van der Waals surface area contributed by atoms with Gasteiger partial charge in [0.1, 0.15) is 29.7 Å². The number of amides is 1. The Morgan fingerprint density at radius 3 is 2.37 bits per heavy atom. The number of benzene rings is 2. The molecule has 0 radical (unpaired) electrons. The summed E-state index contributed by atoms with van der Waals surface area (Å²) in [4.78, 5) is 41.1. The number of hydrogen-bond acceptors (Lipinski definition) is 6. The molecule has 0 aliphatic heterocycles. The molecular weight excluding hydrogens is 448 g/mol. The molecule has 2 heterocycles. The third-order valence-electron chi connectivity index (χ3n) is 5.45. The van der Waals surface area contributed by atoms with Crippen molar-refractivity contribution in [3.63, 3.8) is 0 Å². The van der Waals surface area contributed by atoms with Gasteiger partial charge in [-0.2, -0.15) is 0 Å². The van der Waals surface area contributed by atoms with E-state index in [0.717, 1.165) is 11.1 Å². The van der Waals surface area contributed by atoms with Crippen molar-refractivity contribution in [2.75, 3.05) is 19.0 Å². The molecule has 0 spiro atoms. The van der Waals surface area contributed by atoms with Crippen molar-refractivity contribution in [3.8, 4) is 11.3 Å². The maximum atomic E-state index is 12.9. The van der Waals surface area contributed by atoms with Crippen LogP contribution < -0.4 is 10.6 Å². The van der Waals surface area contributed by atoms with Crippen molar-refractivity contribution in [1.29, 1.82) is 0 Å². The first kappa shape index (κ1) is 23.5. The summed E-state index contributed by atoms with van der Waals surface area (Å²) in [5.41, 5.74) is 2.94. The first-order chi connectivity index (χ1) is 17.0. The number of rotatable bonds is 9. The predicted molar refractivity (Wildman–Crippen MR) is 130 cm³/mol. The summed E-state index contributed by atoms with van der Waals surface area (Å²) in [6.45, 7) is -0.0634. The summed E-state index contributed by atoms with van der Waals surface area (Å²) < 4.78 is 6.45. The molecule has 2 aromatic carbocycles. The normalized spacial score (nSPS) is 11.6. The number of carboxylic acid groups (broad SMARTS) is 1.